The Labute approximate surface area is 348 Å². The molecule has 3 aliphatic carbocycles. The molecule has 1 heterocycles. The number of ketones is 1. The Hall–Kier alpha value is -4.12. The Morgan fingerprint density at radius 3 is 2.17 bits per heavy atom. The van der Waals surface area contributed by atoms with E-state index in [0.717, 1.165) is 18.7 Å². The van der Waals surface area contributed by atoms with Gasteiger partial charge in [-0.3, -0.25) is 14.4 Å². The maximum absolute atomic E-state index is 15.0. The smallest absolute Gasteiger partial charge is 0.338 e. The number of aliphatic hydroxyl groups excluding tert-OH is 3. The molecule has 2 bridgehead atoms. The molecule has 4 aliphatic rings. The SMILES string of the molecule is CCC(C)(C)SC(=O)N[C@@H](c1ccccc1)[C@@H](O)C(=O)O[C@H]1C[C@@]2(O)[C@@H](OC(=O)c3ccccc3)[C@@H]3[C@]4(OC(C)=O)CO[C@@H]4C[C@H](O)[C@@]3(C)C(=O)[C@H](O)C(=C1C)C2(C)C. The molecule has 2 aromatic carbocycles. The minimum atomic E-state index is -2.34. The van der Waals surface area contributed by atoms with Crippen LogP contribution in [0.2, 0.25) is 0 Å². The van der Waals surface area contributed by atoms with Crippen molar-refractivity contribution in [3.8, 4) is 0 Å². The second-order valence-electron chi connectivity index (χ2n) is 17.6. The molecule has 5 N–H and O–H groups in total. The zero-order valence-corrected chi connectivity index (χ0v) is 35.4. The van der Waals surface area contributed by atoms with Crippen LogP contribution in [0, 0.1) is 16.7 Å². The summed E-state index contributed by atoms with van der Waals surface area (Å²) < 4.78 is 23.8. The van der Waals surface area contributed by atoms with Crippen LogP contribution in [0.25, 0.3) is 0 Å². The molecule has 2 aromatic rings. The standard InChI is InChI=1S/C44H55NO13S/c1-9-40(4,5)59-39(53)45-31(25-16-12-10-13-17-25)33(49)38(52)56-27-21-44(54)36(57-37(51)26-18-14-11-15-19-26)34-42(8,35(50)32(48)30(23(27)2)41(44,6)7)28(47)20-29-43(34,22-55-29)58-24(3)46/h10-19,27-29,31-34,36,47-49,54H,9,20-22H2,1-8H3,(H,45,53)/t27-,28-,29+,31-,32+,33+,34-,36-,42+,43-,44+/m0/s1. The summed E-state index contributed by atoms with van der Waals surface area (Å²) in [6, 6.07) is 15.0. The number of esters is 3. The zero-order valence-electron chi connectivity index (χ0n) is 34.6. The molecule has 3 fully saturated rings. The first-order valence-corrected chi connectivity index (χ1v) is 20.7. The number of aliphatic hydroxyl groups is 4. The Bertz CT molecular complexity index is 2000. The molecule has 11 atom stereocenters. The molecule has 59 heavy (non-hydrogen) atoms. The van der Waals surface area contributed by atoms with Gasteiger partial charge in [-0.15, -0.1) is 0 Å². The van der Waals surface area contributed by atoms with Gasteiger partial charge in [-0.1, -0.05) is 94.9 Å². The van der Waals surface area contributed by atoms with E-state index in [1.807, 2.05) is 20.8 Å². The molecule has 0 aromatic heterocycles. The van der Waals surface area contributed by atoms with E-state index in [4.69, 9.17) is 18.9 Å². The maximum atomic E-state index is 15.0. The average molecular weight is 838 g/mol. The quantitative estimate of drug-likeness (QED) is 0.128. The van der Waals surface area contributed by atoms with Gasteiger partial charge in [-0.05, 0) is 49.1 Å². The van der Waals surface area contributed by atoms with E-state index in [2.05, 4.69) is 5.32 Å². The molecule has 0 spiro atoms. The van der Waals surface area contributed by atoms with Crippen molar-refractivity contribution in [3.63, 3.8) is 0 Å². The van der Waals surface area contributed by atoms with Gasteiger partial charge in [0.1, 0.15) is 30.0 Å². The van der Waals surface area contributed by atoms with Gasteiger partial charge in [-0.2, -0.15) is 0 Å². The van der Waals surface area contributed by atoms with E-state index < -0.39 is 111 Å². The number of thioether (sulfide) groups is 1. The Balaban J connectivity index is 1.48. The molecule has 320 valence electrons. The molecule has 15 heteroatoms. The third kappa shape index (κ3) is 7.52. The van der Waals surface area contributed by atoms with E-state index >= 15 is 0 Å². The van der Waals surface area contributed by atoms with E-state index in [0.29, 0.717) is 12.0 Å². The largest absolute Gasteiger partial charge is 0.456 e. The van der Waals surface area contributed by atoms with Crippen molar-refractivity contribution in [1.82, 2.24) is 5.32 Å². The highest BCUT2D eigenvalue weighted by Crippen LogP contribution is 2.64. The van der Waals surface area contributed by atoms with Crippen molar-refractivity contribution in [2.75, 3.05) is 6.61 Å². The highest BCUT2D eigenvalue weighted by atomic mass is 32.2. The van der Waals surface area contributed by atoms with Crippen molar-refractivity contribution in [1.29, 1.82) is 0 Å². The first-order valence-electron chi connectivity index (χ1n) is 19.9. The first-order chi connectivity index (χ1) is 27.6. The third-order valence-corrected chi connectivity index (χ3v) is 14.5. The van der Waals surface area contributed by atoms with Crippen molar-refractivity contribution in [2.45, 2.75) is 133 Å². The van der Waals surface area contributed by atoms with Gasteiger partial charge in [0.25, 0.3) is 5.24 Å². The van der Waals surface area contributed by atoms with Crippen LogP contribution in [0.5, 0.6) is 0 Å². The number of fused-ring (bicyclic) bond motifs is 5. The number of hydrogen-bond donors (Lipinski definition) is 5. The molecule has 0 unspecified atom stereocenters. The fraction of sp³-hybridized carbons (Fsp3) is 0.568. The number of benzene rings is 2. The summed E-state index contributed by atoms with van der Waals surface area (Å²) in [4.78, 5) is 69.4. The summed E-state index contributed by atoms with van der Waals surface area (Å²) in [6.07, 6.45) is -9.73. The van der Waals surface area contributed by atoms with Gasteiger partial charge < -0.3 is 44.7 Å². The fourth-order valence-corrected chi connectivity index (χ4v) is 10.4. The average Bonchev–Trinajstić information content (AvgIpc) is 3.18. The summed E-state index contributed by atoms with van der Waals surface area (Å²) in [5.74, 6) is -5.27. The van der Waals surface area contributed by atoms with Crippen LogP contribution >= 0.6 is 11.8 Å². The lowest BCUT2D eigenvalue weighted by atomic mass is 9.44. The molecule has 6 rings (SSSR count). The molecule has 1 amide bonds. The number of amides is 1. The van der Waals surface area contributed by atoms with Crippen LogP contribution in [0.4, 0.5) is 4.79 Å². The second kappa shape index (κ2) is 16.1. The van der Waals surface area contributed by atoms with Crippen LogP contribution in [0.1, 0.15) is 96.6 Å². The van der Waals surface area contributed by atoms with E-state index in [1.165, 1.54) is 26.0 Å². The second-order valence-corrected chi connectivity index (χ2v) is 19.3. The normalized spacial score (nSPS) is 33.4. The van der Waals surface area contributed by atoms with Gasteiger partial charge >= 0.3 is 17.9 Å². The molecule has 0 radical (unpaired) electrons. The molecule has 1 saturated heterocycles. The van der Waals surface area contributed by atoms with Crippen molar-refractivity contribution >= 4 is 40.7 Å². The number of hydrogen-bond acceptors (Lipinski definition) is 14. The minimum Gasteiger partial charge on any atom is -0.456 e. The van der Waals surface area contributed by atoms with E-state index in [9.17, 15) is 44.4 Å². The number of Topliss-reactive ketones (excluding diaryl/α,β-unsaturated/α-hetero) is 1. The topological polar surface area (TPSA) is 215 Å². The minimum absolute atomic E-state index is 0.0456. The van der Waals surface area contributed by atoms with Gasteiger partial charge in [-0.25, -0.2) is 9.59 Å². The van der Waals surface area contributed by atoms with Crippen LogP contribution in [0.3, 0.4) is 0 Å². The summed E-state index contributed by atoms with van der Waals surface area (Å²) in [6.45, 7) is 12.6. The number of rotatable bonds is 10. The highest BCUT2D eigenvalue weighted by molar-refractivity contribution is 8.14. The lowest BCUT2D eigenvalue weighted by molar-refractivity contribution is -0.346. The molecular weight excluding hydrogens is 783 g/mol. The number of nitrogens with one attached hydrogen (secondary N) is 1. The first kappa shape index (κ1) is 44.4. The summed E-state index contributed by atoms with van der Waals surface area (Å²) >= 11 is 1.01. The van der Waals surface area contributed by atoms with Gasteiger partial charge in [0.05, 0.1) is 35.6 Å². The van der Waals surface area contributed by atoms with Crippen LogP contribution < -0.4 is 5.32 Å². The summed E-state index contributed by atoms with van der Waals surface area (Å²) in [7, 11) is 0. The Morgan fingerprint density at radius 1 is 1.00 bits per heavy atom. The number of carbonyl (C=O) groups excluding carboxylic acids is 5. The predicted molar refractivity (Wildman–Crippen MR) is 215 cm³/mol. The van der Waals surface area contributed by atoms with E-state index in [-0.39, 0.29) is 29.7 Å². The fourth-order valence-electron chi connectivity index (χ4n) is 9.60. The Morgan fingerprint density at radius 2 is 1.61 bits per heavy atom. The molecule has 1 aliphatic heterocycles. The van der Waals surface area contributed by atoms with Gasteiger partial charge in [0, 0.05) is 29.9 Å². The summed E-state index contributed by atoms with van der Waals surface area (Å²) in [5.41, 5.74) is -7.05. The van der Waals surface area contributed by atoms with Crippen molar-refractivity contribution < 1.29 is 63.3 Å². The van der Waals surface area contributed by atoms with Gasteiger partial charge in [0.15, 0.2) is 17.5 Å². The van der Waals surface area contributed by atoms with Crippen molar-refractivity contribution in [3.05, 3.63) is 82.9 Å². The van der Waals surface area contributed by atoms with E-state index in [1.54, 1.807) is 62.4 Å². The lowest BCUT2D eigenvalue weighted by Gasteiger charge is -2.67. The molecule has 2 saturated carbocycles. The Kier molecular flexibility index (Phi) is 12.1. The third-order valence-electron chi connectivity index (χ3n) is 13.4. The zero-order chi connectivity index (χ0) is 43.5. The van der Waals surface area contributed by atoms with Crippen LogP contribution in [-0.4, -0.2) is 109 Å². The molecular formula is C44H55NO13S. The lowest BCUT2D eigenvalue weighted by Crippen LogP contribution is -2.81. The van der Waals surface area contributed by atoms with Crippen LogP contribution in [-0.2, 0) is 33.3 Å². The predicted octanol–water partition coefficient (Wildman–Crippen LogP) is 4.37. The maximum Gasteiger partial charge on any atom is 0.338 e. The monoisotopic (exact) mass is 837 g/mol. The highest BCUT2D eigenvalue weighted by Gasteiger charge is 2.78. The number of carbonyl (C=O) groups is 5. The molecule has 14 nitrogen and oxygen atoms in total. The summed E-state index contributed by atoms with van der Waals surface area (Å²) in [5, 5.41) is 51.5. The van der Waals surface area contributed by atoms with Crippen molar-refractivity contribution in [2.24, 2.45) is 16.7 Å². The van der Waals surface area contributed by atoms with Gasteiger partial charge in [0.2, 0.25) is 0 Å². The number of ether oxygens (including phenoxy) is 4. The van der Waals surface area contributed by atoms with Crippen LogP contribution in [0.15, 0.2) is 71.8 Å².